The Balaban J connectivity index is 3.92. The predicted octanol–water partition coefficient (Wildman–Crippen LogP) is 2.68. The first-order valence-electron chi connectivity index (χ1n) is 2.86. The van der Waals surface area contributed by atoms with E-state index >= 15 is 0 Å². The number of hydrogen-bond acceptors (Lipinski definition) is 0. The molecule has 0 radical (unpaired) electrons. The van der Waals surface area contributed by atoms with Crippen molar-refractivity contribution in [3.8, 4) is 0 Å². The van der Waals surface area contributed by atoms with Gasteiger partial charge in [0.25, 0.3) is 0 Å². The van der Waals surface area contributed by atoms with Gasteiger partial charge in [0.1, 0.15) is 0 Å². The Hall–Kier alpha value is -0.740. The summed E-state index contributed by atoms with van der Waals surface area (Å²) in [6.07, 6.45) is 5.04. The minimum atomic E-state index is 1.02. The van der Waals surface area contributed by atoms with Crippen molar-refractivity contribution in [3.63, 3.8) is 0 Å². The summed E-state index contributed by atoms with van der Waals surface area (Å²) in [6.45, 7) is 7.62. The summed E-state index contributed by atoms with van der Waals surface area (Å²) in [5.41, 5.74) is 4.01. The summed E-state index contributed by atoms with van der Waals surface area (Å²) in [6, 6.07) is 0. The Bertz CT molecular complexity index is 123. The smallest absolute Gasteiger partial charge is 0.00726 e. The molecule has 0 nitrogen and oxygen atoms in total. The minimum absolute atomic E-state index is 1.02. The quantitative estimate of drug-likeness (QED) is 0.377. The maximum Gasteiger partial charge on any atom is -0.00726 e. The van der Waals surface area contributed by atoms with Crippen LogP contribution in [0.25, 0.3) is 0 Å². The molecule has 0 aromatic heterocycles. The highest BCUT2D eigenvalue weighted by molar-refractivity contribution is 5.15. The zero-order valence-corrected chi connectivity index (χ0v) is 5.57. The highest BCUT2D eigenvalue weighted by Crippen LogP contribution is 1.97. The molecule has 0 saturated carbocycles. The molecule has 0 bridgehead atoms. The SMILES string of the molecule is C=C=C(/C=C\C)CC. The van der Waals surface area contributed by atoms with Crippen LogP contribution in [0, 0.1) is 0 Å². The zero-order chi connectivity index (χ0) is 6.41. The summed E-state index contributed by atoms with van der Waals surface area (Å²) in [4.78, 5) is 0. The van der Waals surface area contributed by atoms with Crippen LogP contribution in [0.3, 0.4) is 0 Å². The lowest BCUT2D eigenvalue weighted by Gasteiger charge is -1.85. The van der Waals surface area contributed by atoms with E-state index in [1.807, 2.05) is 19.1 Å². The van der Waals surface area contributed by atoms with E-state index in [0.29, 0.717) is 0 Å². The topological polar surface area (TPSA) is 0 Å². The fourth-order valence-corrected chi connectivity index (χ4v) is 0.503. The largest absolute Gasteiger partial charge is 0.125 e. The van der Waals surface area contributed by atoms with Crippen molar-refractivity contribution in [1.82, 2.24) is 0 Å². The van der Waals surface area contributed by atoms with Crippen molar-refractivity contribution >= 4 is 0 Å². The molecular formula is C8H12. The van der Waals surface area contributed by atoms with E-state index in [1.54, 1.807) is 0 Å². The third-order valence-electron chi connectivity index (χ3n) is 0.976. The lowest BCUT2D eigenvalue weighted by molar-refractivity contribution is 1.15. The van der Waals surface area contributed by atoms with Crippen molar-refractivity contribution in [2.24, 2.45) is 0 Å². The van der Waals surface area contributed by atoms with Crippen molar-refractivity contribution in [3.05, 3.63) is 30.0 Å². The maximum atomic E-state index is 3.54. The van der Waals surface area contributed by atoms with Crippen LogP contribution in [0.2, 0.25) is 0 Å². The van der Waals surface area contributed by atoms with Crippen LogP contribution in [-0.2, 0) is 0 Å². The third kappa shape index (κ3) is 2.44. The van der Waals surface area contributed by atoms with E-state index in [2.05, 4.69) is 19.2 Å². The molecule has 0 unspecified atom stereocenters. The van der Waals surface area contributed by atoms with Gasteiger partial charge in [-0.2, -0.15) is 0 Å². The predicted molar refractivity (Wildman–Crippen MR) is 37.8 cm³/mol. The van der Waals surface area contributed by atoms with Gasteiger partial charge in [-0.05, 0) is 18.9 Å². The Morgan fingerprint density at radius 1 is 1.75 bits per heavy atom. The highest BCUT2D eigenvalue weighted by atomic mass is 13.8. The van der Waals surface area contributed by atoms with Gasteiger partial charge in [-0.25, -0.2) is 0 Å². The van der Waals surface area contributed by atoms with E-state index < -0.39 is 0 Å². The second kappa shape index (κ2) is 4.42. The Kier molecular flexibility index (Phi) is 4.01. The van der Waals surface area contributed by atoms with Crippen LogP contribution in [0.15, 0.2) is 30.0 Å². The molecular weight excluding hydrogens is 96.1 g/mol. The Morgan fingerprint density at radius 3 is 2.50 bits per heavy atom. The molecule has 0 atom stereocenters. The van der Waals surface area contributed by atoms with Gasteiger partial charge in [0, 0.05) is 0 Å². The molecule has 0 saturated heterocycles. The van der Waals surface area contributed by atoms with E-state index in [1.165, 1.54) is 5.57 Å². The first-order valence-corrected chi connectivity index (χ1v) is 2.86. The highest BCUT2D eigenvalue weighted by Gasteiger charge is 1.78. The fourth-order valence-electron chi connectivity index (χ4n) is 0.503. The van der Waals surface area contributed by atoms with Gasteiger partial charge < -0.3 is 0 Å². The molecule has 0 heterocycles. The molecule has 0 aliphatic rings. The fraction of sp³-hybridized carbons (Fsp3) is 0.375. The monoisotopic (exact) mass is 108 g/mol. The zero-order valence-electron chi connectivity index (χ0n) is 5.57. The van der Waals surface area contributed by atoms with Crippen LogP contribution in [0.5, 0.6) is 0 Å². The normalized spacial score (nSPS) is 9.25. The molecule has 0 N–H and O–H groups in total. The van der Waals surface area contributed by atoms with Gasteiger partial charge in [-0.3, -0.25) is 0 Å². The molecule has 0 spiro atoms. The van der Waals surface area contributed by atoms with E-state index in [-0.39, 0.29) is 0 Å². The van der Waals surface area contributed by atoms with Gasteiger partial charge in [0.2, 0.25) is 0 Å². The standard InChI is InChI=1S/C8H12/c1-4-7-8(5-2)6-3/h4,7H,2,6H2,1,3H3/b7-4-. The first-order chi connectivity index (χ1) is 3.85. The number of rotatable bonds is 2. The van der Waals surface area contributed by atoms with Gasteiger partial charge >= 0.3 is 0 Å². The molecule has 0 aliphatic carbocycles. The molecule has 0 aliphatic heterocycles. The Labute approximate surface area is 51.2 Å². The second-order valence-electron chi connectivity index (χ2n) is 1.56. The summed E-state index contributed by atoms with van der Waals surface area (Å²) < 4.78 is 0. The van der Waals surface area contributed by atoms with Crippen LogP contribution in [-0.4, -0.2) is 0 Å². The average molecular weight is 108 g/mol. The summed E-state index contributed by atoms with van der Waals surface area (Å²) in [5.74, 6) is 0. The van der Waals surface area contributed by atoms with Crippen molar-refractivity contribution in [1.29, 1.82) is 0 Å². The lowest BCUT2D eigenvalue weighted by atomic mass is 10.2. The summed E-state index contributed by atoms with van der Waals surface area (Å²) >= 11 is 0. The van der Waals surface area contributed by atoms with Crippen molar-refractivity contribution in [2.45, 2.75) is 20.3 Å². The van der Waals surface area contributed by atoms with E-state index in [9.17, 15) is 0 Å². The second-order valence-corrected chi connectivity index (χ2v) is 1.56. The van der Waals surface area contributed by atoms with Crippen LogP contribution >= 0.6 is 0 Å². The van der Waals surface area contributed by atoms with E-state index in [0.717, 1.165) is 6.42 Å². The lowest BCUT2D eigenvalue weighted by Crippen LogP contribution is -1.66. The van der Waals surface area contributed by atoms with Crippen LogP contribution in [0.4, 0.5) is 0 Å². The molecule has 0 aromatic carbocycles. The van der Waals surface area contributed by atoms with E-state index in [4.69, 9.17) is 0 Å². The molecule has 44 valence electrons. The average Bonchev–Trinajstić information content (AvgIpc) is 1.83. The number of allylic oxidation sites excluding steroid dienone is 3. The third-order valence-corrected chi connectivity index (χ3v) is 0.976. The minimum Gasteiger partial charge on any atom is -0.125 e. The first kappa shape index (κ1) is 7.26. The van der Waals surface area contributed by atoms with Gasteiger partial charge in [0.05, 0.1) is 0 Å². The van der Waals surface area contributed by atoms with Crippen LogP contribution < -0.4 is 0 Å². The molecule has 0 aromatic rings. The van der Waals surface area contributed by atoms with Crippen molar-refractivity contribution < 1.29 is 0 Å². The molecule has 0 amide bonds. The molecule has 0 fully saturated rings. The van der Waals surface area contributed by atoms with Gasteiger partial charge in [0.15, 0.2) is 0 Å². The van der Waals surface area contributed by atoms with Crippen LogP contribution in [0.1, 0.15) is 20.3 Å². The number of hydrogen-bond donors (Lipinski definition) is 0. The van der Waals surface area contributed by atoms with Crippen molar-refractivity contribution in [2.75, 3.05) is 0 Å². The molecule has 0 rings (SSSR count). The summed E-state index contributed by atoms with van der Waals surface area (Å²) in [5, 5.41) is 0. The summed E-state index contributed by atoms with van der Waals surface area (Å²) in [7, 11) is 0. The maximum absolute atomic E-state index is 3.54. The molecule has 0 heteroatoms. The van der Waals surface area contributed by atoms with Gasteiger partial charge in [-0.1, -0.05) is 25.7 Å². The molecule has 8 heavy (non-hydrogen) atoms. The Morgan fingerprint density at radius 2 is 2.38 bits per heavy atom. The van der Waals surface area contributed by atoms with Gasteiger partial charge in [-0.15, -0.1) is 5.73 Å².